The van der Waals surface area contributed by atoms with Gasteiger partial charge in [0.1, 0.15) is 5.82 Å². The van der Waals surface area contributed by atoms with E-state index in [2.05, 4.69) is 4.98 Å². The smallest absolute Gasteiger partial charge is 0.146 e. The van der Waals surface area contributed by atoms with Crippen molar-refractivity contribution in [3.05, 3.63) is 59.7 Å². The topological polar surface area (TPSA) is 36.4 Å². The van der Waals surface area contributed by atoms with Crippen molar-refractivity contribution in [2.24, 2.45) is 0 Å². The van der Waals surface area contributed by atoms with E-state index in [9.17, 15) is 9.50 Å². The molecule has 1 aromatic heterocycles. The Morgan fingerprint density at radius 2 is 2.05 bits per heavy atom. The lowest BCUT2D eigenvalue weighted by Gasteiger charge is -2.26. The van der Waals surface area contributed by atoms with Crippen molar-refractivity contribution in [1.82, 2.24) is 4.98 Å². The van der Waals surface area contributed by atoms with Crippen LogP contribution in [0.4, 0.5) is 10.1 Å². The van der Waals surface area contributed by atoms with Gasteiger partial charge >= 0.3 is 0 Å². The average molecular weight is 274 g/mol. The summed E-state index contributed by atoms with van der Waals surface area (Å²) in [5.74, 6) is -0.318. The van der Waals surface area contributed by atoms with E-state index in [4.69, 9.17) is 0 Å². The molecule has 4 heteroatoms. The molecule has 0 bridgehead atoms. The molecule has 0 spiro atoms. The first-order valence-electron chi connectivity index (χ1n) is 6.74. The van der Waals surface area contributed by atoms with Gasteiger partial charge in [0.2, 0.25) is 0 Å². The number of rotatable bonds is 5. The summed E-state index contributed by atoms with van der Waals surface area (Å²) in [7, 11) is 0. The van der Waals surface area contributed by atoms with Crippen molar-refractivity contribution >= 4 is 5.69 Å². The number of aliphatic hydroxyl groups excluding tert-OH is 1. The van der Waals surface area contributed by atoms with Gasteiger partial charge in [-0.15, -0.1) is 0 Å². The SMILES string of the molecule is CCN(Cc1ccccn1)c1c(F)cccc1[C@@H](C)O. The second-order valence-corrected chi connectivity index (χ2v) is 4.69. The van der Waals surface area contributed by atoms with E-state index in [0.717, 1.165) is 5.69 Å². The van der Waals surface area contributed by atoms with Crippen LogP contribution in [0.1, 0.15) is 31.2 Å². The Bertz CT molecular complexity index is 558. The Morgan fingerprint density at radius 3 is 2.65 bits per heavy atom. The monoisotopic (exact) mass is 274 g/mol. The number of para-hydroxylation sites is 1. The van der Waals surface area contributed by atoms with E-state index in [1.807, 2.05) is 30.0 Å². The average Bonchev–Trinajstić information content (AvgIpc) is 2.46. The van der Waals surface area contributed by atoms with Crippen molar-refractivity contribution < 1.29 is 9.50 Å². The second-order valence-electron chi connectivity index (χ2n) is 4.69. The fraction of sp³-hybridized carbons (Fsp3) is 0.312. The quantitative estimate of drug-likeness (QED) is 0.908. The molecule has 2 rings (SSSR count). The van der Waals surface area contributed by atoms with Crippen LogP contribution in [-0.4, -0.2) is 16.6 Å². The highest BCUT2D eigenvalue weighted by molar-refractivity contribution is 5.55. The van der Waals surface area contributed by atoms with E-state index in [-0.39, 0.29) is 5.82 Å². The lowest BCUT2D eigenvalue weighted by Crippen LogP contribution is -2.25. The number of anilines is 1. The molecule has 0 aliphatic rings. The maximum absolute atomic E-state index is 14.2. The summed E-state index contributed by atoms with van der Waals surface area (Å²) < 4.78 is 14.2. The summed E-state index contributed by atoms with van der Waals surface area (Å²) in [5, 5.41) is 9.83. The summed E-state index contributed by atoms with van der Waals surface area (Å²) >= 11 is 0. The molecule has 1 N–H and O–H groups in total. The fourth-order valence-corrected chi connectivity index (χ4v) is 2.24. The first-order chi connectivity index (χ1) is 9.63. The summed E-state index contributed by atoms with van der Waals surface area (Å²) in [6.07, 6.45) is 1.01. The van der Waals surface area contributed by atoms with Crippen LogP contribution in [0.15, 0.2) is 42.6 Å². The third-order valence-electron chi connectivity index (χ3n) is 3.25. The van der Waals surface area contributed by atoms with E-state index in [1.165, 1.54) is 6.07 Å². The van der Waals surface area contributed by atoms with Gasteiger partial charge in [-0.1, -0.05) is 18.2 Å². The van der Waals surface area contributed by atoms with Gasteiger partial charge in [-0.3, -0.25) is 4.98 Å². The highest BCUT2D eigenvalue weighted by Gasteiger charge is 2.18. The first-order valence-corrected chi connectivity index (χ1v) is 6.74. The highest BCUT2D eigenvalue weighted by atomic mass is 19.1. The summed E-state index contributed by atoms with van der Waals surface area (Å²) in [6.45, 7) is 4.75. The minimum Gasteiger partial charge on any atom is -0.389 e. The van der Waals surface area contributed by atoms with Crippen LogP contribution in [-0.2, 0) is 6.54 Å². The number of pyridine rings is 1. The Morgan fingerprint density at radius 1 is 1.25 bits per heavy atom. The fourth-order valence-electron chi connectivity index (χ4n) is 2.24. The summed E-state index contributed by atoms with van der Waals surface area (Å²) in [6, 6.07) is 10.5. The molecule has 0 radical (unpaired) electrons. The van der Waals surface area contributed by atoms with Gasteiger partial charge in [-0.2, -0.15) is 0 Å². The molecule has 0 aliphatic carbocycles. The van der Waals surface area contributed by atoms with Crippen molar-refractivity contribution in [2.45, 2.75) is 26.5 Å². The number of aromatic nitrogens is 1. The van der Waals surface area contributed by atoms with Crippen LogP contribution in [0, 0.1) is 5.82 Å². The van der Waals surface area contributed by atoms with Gasteiger partial charge < -0.3 is 10.0 Å². The molecule has 2 aromatic rings. The van der Waals surface area contributed by atoms with Crippen LogP contribution in [0.25, 0.3) is 0 Å². The summed E-state index contributed by atoms with van der Waals surface area (Å²) in [4.78, 5) is 6.16. The Labute approximate surface area is 118 Å². The van der Waals surface area contributed by atoms with E-state index < -0.39 is 6.10 Å². The predicted octanol–water partition coefficient (Wildman–Crippen LogP) is 3.30. The molecule has 1 heterocycles. The van der Waals surface area contributed by atoms with Crippen molar-refractivity contribution in [3.63, 3.8) is 0 Å². The molecule has 1 aromatic carbocycles. The number of hydrogen-bond acceptors (Lipinski definition) is 3. The van der Waals surface area contributed by atoms with Gasteiger partial charge in [-0.05, 0) is 32.0 Å². The molecule has 0 unspecified atom stereocenters. The van der Waals surface area contributed by atoms with Gasteiger partial charge in [0.25, 0.3) is 0 Å². The van der Waals surface area contributed by atoms with Gasteiger partial charge in [0, 0.05) is 18.3 Å². The number of aliphatic hydroxyl groups is 1. The molecular formula is C16H19FN2O. The third-order valence-corrected chi connectivity index (χ3v) is 3.25. The third kappa shape index (κ3) is 3.14. The van der Waals surface area contributed by atoms with E-state index in [1.54, 1.807) is 25.3 Å². The zero-order valence-electron chi connectivity index (χ0n) is 11.8. The lowest BCUT2D eigenvalue weighted by molar-refractivity contribution is 0.199. The van der Waals surface area contributed by atoms with Crippen LogP contribution in [0.5, 0.6) is 0 Å². The van der Waals surface area contributed by atoms with Crippen LogP contribution in [0.2, 0.25) is 0 Å². The maximum Gasteiger partial charge on any atom is 0.146 e. The molecule has 0 saturated carbocycles. The minimum atomic E-state index is -0.710. The molecule has 20 heavy (non-hydrogen) atoms. The van der Waals surface area contributed by atoms with Crippen molar-refractivity contribution in [2.75, 3.05) is 11.4 Å². The van der Waals surface area contributed by atoms with Crippen LogP contribution >= 0.6 is 0 Å². The Balaban J connectivity index is 2.37. The predicted molar refractivity (Wildman–Crippen MR) is 78.0 cm³/mol. The van der Waals surface area contributed by atoms with Crippen molar-refractivity contribution in [1.29, 1.82) is 0 Å². The van der Waals surface area contributed by atoms with E-state index in [0.29, 0.717) is 24.3 Å². The van der Waals surface area contributed by atoms with Crippen LogP contribution < -0.4 is 4.90 Å². The molecule has 1 atom stereocenters. The molecule has 106 valence electrons. The number of benzene rings is 1. The zero-order valence-corrected chi connectivity index (χ0v) is 11.8. The normalized spacial score (nSPS) is 12.2. The molecule has 0 aliphatic heterocycles. The standard InChI is InChI=1S/C16H19FN2O/c1-3-19(11-13-7-4-5-10-18-13)16-14(12(2)20)8-6-9-15(16)17/h4-10,12,20H,3,11H2,1-2H3/t12-/m1/s1. The minimum absolute atomic E-state index is 0.318. The molecule has 0 fully saturated rings. The Kier molecular flexibility index (Phi) is 4.69. The van der Waals surface area contributed by atoms with Gasteiger partial charge in [0.05, 0.1) is 24.0 Å². The highest BCUT2D eigenvalue weighted by Crippen LogP contribution is 2.30. The number of hydrogen-bond donors (Lipinski definition) is 1. The molecule has 0 amide bonds. The number of nitrogens with zero attached hydrogens (tertiary/aromatic N) is 2. The van der Waals surface area contributed by atoms with Gasteiger partial charge in [-0.25, -0.2) is 4.39 Å². The largest absolute Gasteiger partial charge is 0.389 e. The van der Waals surface area contributed by atoms with Crippen molar-refractivity contribution in [3.8, 4) is 0 Å². The van der Waals surface area contributed by atoms with Gasteiger partial charge in [0.15, 0.2) is 0 Å². The van der Waals surface area contributed by atoms with E-state index >= 15 is 0 Å². The molecule has 3 nitrogen and oxygen atoms in total. The molecular weight excluding hydrogens is 255 g/mol. The summed E-state index contributed by atoms with van der Waals surface area (Å²) in [5.41, 5.74) is 1.92. The lowest BCUT2D eigenvalue weighted by atomic mass is 10.1. The number of halogens is 1. The second kappa shape index (κ2) is 6.48. The van der Waals surface area contributed by atoms with Crippen LogP contribution in [0.3, 0.4) is 0 Å². The maximum atomic E-state index is 14.2. The first kappa shape index (κ1) is 14.5. The Hall–Kier alpha value is -1.94. The zero-order chi connectivity index (χ0) is 14.5. The molecule has 0 saturated heterocycles.